The van der Waals surface area contributed by atoms with E-state index in [0.29, 0.717) is 5.78 Å². The Morgan fingerprint density at radius 3 is 2.68 bits per heavy atom. The first-order valence-electron chi connectivity index (χ1n) is 7.50. The molecule has 0 spiro atoms. The van der Waals surface area contributed by atoms with Crippen LogP contribution < -0.4 is 5.32 Å². The Bertz CT molecular complexity index is 500. The molecule has 1 N–H and O–H groups in total. The van der Waals surface area contributed by atoms with Gasteiger partial charge in [-0.05, 0) is 75.7 Å². The van der Waals surface area contributed by atoms with Crippen LogP contribution in [0, 0.1) is 25.7 Å². The van der Waals surface area contributed by atoms with Gasteiger partial charge in [0.15, 0.2) is 5.78 Å². The van der Waals surface area contributed by atoms with Gasteiger partial charge in [-0.25, -0.2) is 0 Å². The molecule has 0 amide bonds. The molecular weight excluding hydrogens is 234 g/mol. The van der Waals surface area contributed by atoms with E-state index in [2.05, 4.69) is 31.3 Å². The van der Waals surface area contributed by atoms with Gasteiger partial charge in [0.25, 0.3) is 0 Å². The topological polar surface area (TPSA) is 29.1 Å². The Hall–Kier alpha value is -1.15. The zero-order valence-corrected chi connectivity index (χ0v) is 12.0. The second-order valence-electron chi connectivity index (χ2n) is 6.30. The summed E-state index contributed by atoms with van der Waals surface area (Å²) in [6.07, 6.45) is 4.54. The first-order valence-corrected chi connectivity index (χ1v) is 7.50. The minimum atomic E-state index is 0.249. The van der Waals surface area contributed by atoms with Crippen molar-refractivity contribution in [3.8, 4) is 0 Å². The number of Topliss-reactive ketones (excluding diaryl/α,β-unsaturated/α-hetero) is 1. The second kappa shape index (κ2) is 5.09. The molecule has 1 unspecified atom stereocenters. The number of aryl methyl sites for hydroxylation is 2. The third-order valence-electron chi connectivity index (χ3n) is 4.78. The average Bonchev–Trinajstić information content (AvgIpc) is 2.69. The van der Waals surface area contributed by atoms with Gasteiger partial charge in [-0.1, -0.05) is 11.6 Å². The summed E-state index contributed by atoms with van der Waals surface area (Å²) in [5, 5.41) is 3.40. The molecule has 1 aliphatic heterocycles. The molecule has 1 saturated heterocycles. The lowest BCUT2D eigenvalue weighted by Gasteiger charge is -2.24. The van der Waals surface area contributed by atoms with Crippen molar-refractivity contribution in [3.63, 3.8) is 0 Å². The zero-order chi connectivity index (χ0) is 13.4. The molecule has 2 aliphatic rings. The fourth-order valence-corrected chi connectivity index (χ4v) is 3.76. The largest absolute Gasteiger partial charge is 0.317 e. The van der Waals surface area contributed by atoms with Gasteiger partial charge in [-0.2, -0.15) is 0 Å². The molecule has 19 heavy (non-hydrogen) atoms. The molecule has 2 heteroatoms. The van der Waals surface area contributed by atoms with Crippen molar-refractivity contribution in [2.45, 2.75) is 39.5 Å². The number of carbonyl (C=O) groups excluding carboxylic acids is 1. The number of benzene rings is 1. The van der Waals surface area contributed by atoms with Crippen LogP contribution in [0.15, 0.2) is 12.1 Å². The highest BCUT2D eigenvalue weighted by molar-refractivity contribution is 6.02. The summed E-state index contributed by atoms with van der Waals surface area (Å²) in [5.41, 5.74) is 4.84. The van der Waals surface area contributed by atoms with E-state index >= 15 is 0 Å². The highest BCUT2D eigenvalue weighted by atomic mass is 16.1. The number of hydrogen-bond donors (Lipinski definition) is 1. The van der Waals surface area contributed by atoms with Crippen molar-refractivity contribution >= 4 is 5.78 Å². The first-order chi connectivity index (χ1) is 9.15. The molecular formula is C17H23NO. The molecule has 1 atom stereocenters. The van der Waals surface area contributed by atoms with Gasteiger partial charge >= 0.3 is 0 Å². The van der Waals surface area contributed by atoms with Crippen molar-refractivity contribution in [2.24, 2.45) is 11.8 Å². The van der Waals surface area contributed by atoms with Crippen molar-refractivity contribution < 1.29 is 4.79 Å². The van der Waals surface area contributed by atoms with E-state index in [-0.39, 0.29) is 5.92 Å². The van der Waals surface area contributed by atoms with Crippen LogP contribution >= 0.6 is 0 Å². The Kier molecular flexibility index (Phi) is 3.44. The molecule has 1 fully saturated rings. The number of rotatable bonds is 2. The molecule has 2 nitrogen and oxygen atoms in total. The quantitative estimate of drug-likeness (QED) is 0.882. The molecule has 1 aromatic carbocycles. The lowest BCUT2D eigenvalue weighted by atomic mass is 9.86. The molecule has 1 aliphatic carbocycles. The summed E-state index contributed by atoms with van der Waals surface area (Å²) in [5.74, 6) is 1.39. The molecule has 0 saturated carbocycles. The highest BCUT2D eigenvalue weighted by Crippen LogP contribution is 2.35. The van der Waals surface area contributed by atoms with Crippen molar-refractivity contribution in [1.82, 2.24) is 5.32 Å². The van der Waals surface area contributed by atoms with Crippen LogP contribution in [0.2, 0.25) is 0 Å². The van der Waals surface area contributed by atoms with E-state index < -0.39 is 0 Å². The van der Waals surface area contributed by atoms with Crippen LogP contribution in [0.1, 0.15) is 46.3 Å². The number of ketones is 1. The molecule has 102 valence electrons. The smallest absolute Gasteiger partial charge is 0.166 e. The van der Waals surface area contributed by atoms with Crippen molar-refractivity contribution in [3.05, 3.63) is 34.4 Å². The molecule has 3 rings (SSSR count). The van der Waals surface area contributed by atoms with E-state index in [4.69, 9.17) is 0 Å². The summed E-state index contributed by atoms with van der Waals surface area (Å²) >= 11 is 0. The number of nitrogens with one attached hydrogen (secondary N) is 1. The van der Waals surface area contributed by atoms with Crippen LogP contribution in [0.4, 0.5) is 0 Å². The highest BCUT2D eigenvalue weighted by Gasteiger charge is 2.33. The fourth-order valence-electron chi connectivity index (χ4n) is 3.76. The number of carbonyl (C=O) groups is 1. The van der Waals surface area contributed by atoms with Gasteiger partial charge in [0.1, 0.15) is 0 Å². The molecule has 1 heterocycles. The van der Waals surface area contributed by atoms with E-state index in [1.807, 2.05) is 0 Å². The third-order valence-corrected chi connectivity index (χ3v) is 4.78. The van der Waals surface area contributed by atoms with Crippen molar-refractivity contribution in [1.29, 1.82) is 0 Å². The van der Waals surface area contributed by atoms with Gasteiger partial charge in [0, 0.05) is 11.5 Å². The summed E-state index contributed by atoms with van der Waals surface area (Å²) in [4.78, 5) is 12.6. The van der Waals surface area contributed by atoms with Crippen LogP contribution in [0.5, 0.6) is 0 Å². The predicted octanol–water partition coefficient (Wildman–Crippen LogP) is 3.05. The third kappa shape index (κ3) is 2.46. The van der Waals surface area contributed by atoms with Gasteiger partial charge in [0.2, 0.25) is 0 Å². The van der Waals surface area contributed by atoms with Crippen LogP contribution in [-0.2, 0) is 6.42 Å². The first kappa shape index (κ1) is 12.9. The van der Waals surface area contributed by atoms with Gasteiger partial charge in [-0.15, -0.1) is 0 Å². The minimum Gasteiger partial charge on any atom is -0.317 e. The van der Waals surface area contributed by atoms with E-state index in [9.17, 15) is 4.79 Å². The minimum absolute atomic E-state index is 0.249. The van der Waals surface area contributed by atoms with Gasteiger partial charge < -0.3 is 5.32 Å². The SMILES string of the molecule is Cc1cc(C)c2c(c1)C(=O)C(CC1CCNCC1)C2. The Morgan fingerprint density at radius 1 is 1.21 bits per heavy atom. The number of fused-ring (bicyclic) bond motifs is 1. The Morgan fingerprint density at radius 2 is 1.95 bits per heavy atom. The standard InChI is InChI=1S/C17H23NO/c1-11-7-12(2)15-10-14(17(19)16(15)8-11)9-13-3-5-18-6-4-13/h7-8,13-14,18H,3-6,9-10H2,1-2H3. The maximum Gasteiger partial charge on any atom is 0.166 e. The lowest BCUT2D eigenvalue weighted by molar-refractivity contribution is 0.0913. The molecule has 0 bridgehead atoms. The average molecular weight is 257 g/mol. The van der Waals surface area contributed by atoms with E-state index in [0.717, 1.165) is 37.4 Å². The molecule has 0 radical (unpaired) electrons. The number of hydrogen-bond acceptors (Lipinski definition) is 2. The maximum absolute atomic E-state index is 12.6. The van der Waals surface area contributed by atoms with E-state index in [1.54, 1.807) is 0 Å². The van der Waals surface area contributed by atoms with Gasteiger partial charge in [-0.3, -0.25) is 4.79 Å². The summed E-state index contributed by atoms with van der Waals surface area (Å²) in [6.45, 7) is 6.47. The summed E-state index contributed by atoms with van der Waals surface area (Å²) in [6, 6.07) is 4.30. The molecule has 1 aromatic rings. The lowest BCUT2D eigenvalue weighted by Crippen LogP contribution is -2.29. The summed E-state index contributed by atoms with van der Waals surface area (Å²) < 4.78 is 0. The van der Waals surface area contributed by atoms with Crippen LogP contribution in [0.25, 0.3) is 0 Å². The molecule has 0 aromatic heterocycles. The fraction of sp³-hybridized carbons (Fsp3) is 0.588. The van der Waals surface area contributed by atoms with Crippen LogP contribution in [0.3, 0.4) is 0 Å². The Labute approximate surface area is 115 Å². The second-order valence-corrected chi connectivity index (χ2v) is 6.30. The van der Waals surface area contributed by atoms with E-state index in [1.165, 1.54) is 29.5 Å². The monoisotopic (exact) mass is 257 g/mol. The maximum atomic E-state index is 12.6. The predicted molar refractivity (Wildman–Crippen MR) is 77.7 cm³/mol. The van der Waals surface area contributed by atoms with Crippen molar-refractivity contribution in [2.75, 3.05) is 13.1 Å². The van der Waals surface area contributed by atoms with Gasteiger partial charge in [0.05, 0.1) is 0 Å². The normalized spacial score (nSPS) is 23.7. The Balaban J connectivity index is 1.77. The summed E-state index contributed by atoms with van der Waals surface area (Å²) in [7, 11) is 0. The zero-order valence-electron chi connectivity index (χ0n) is 12.0. The van der Waals surface area contributed by atoms with Crippen LogP contribution in [-0.4, -0.2) is 18.9 Å². The number of piperidine rings is 1.